The summed E-state index contributed by atoms with van der Waals surface area (Å²) in [4.78, 5) is 35.6. The Kier molecular flexibility index (Phi) is 5.83. The molecule has 2 aromatic rings. The van der Waals surface area contributed by atoms with Gasteiger partial charge in [-0.2, -0.15) is 0 Å². The van der Waals surface area contributed by atoms with Crippen molar-refractivity contribution < 1.29 is 23.7 Å². The number of nitro benzene ring substituents is 1. The smallest absolute Gasteiger partial charge is 0.308 e. The third kappa shape index (κ3) is 4.41. The molecular formula is C24H28N4O6. The van der Waals surface area contributed by atoms with Gasteiger partial charge in [0.25, 0.3) is 11.6 Å². The Hall–Kier alpha value is -3.30. The molecule has 1 aromatic heterocycles. The molecule has 1 heterocycles. The van der Waals surface area contributed by atoms with Gasteiger partial charge in [0, 0.05) is 29.7 Å². The fourth-order valence-electron chi connectivity index (χ4n) is 6.40. The molecule has 4 fully saturated rings. The zero-order valence-corrected chi connectivity index (χ0v) is 19.1. The fraction of sp³-hybridized carbons (Fsp3) is 0.583. The van der Waals surface area contributed by atoms with Gasteiger partial charge in [-0.3, -0.25) is 19.7 Å². The number of nitro groups is 1. The summed E-state index contributed by atoms with van der Waals surface area (Å²) in [7, 11) is 0. The van der Waals surface area contributed by atoms with E-state index in [0.29, 0.717) is 23.3 Å². The van der Waals surface area contributed by atoms with Crippen LogP contribution >= 0.6 is 0 Å². The number of amides is 1. The molecular weight excluding hydrogens is 440 g/mol. The van der Waals surface area contributed by atoms with E-state index in [2.05, 4.69) is 15.5 Å². The van der Waals surface area contributed by atoms with Gasteiger partial charge in [-0.05, 0) is 75.3 Å². The van der Waals surface area contributed by atoms with Crippen LogP contribution in [0.4, 0.5) is 5.69 Å². The summed E-state index contributed by atoms with van der Waals surface area (Å²) < 4.78 is 11.0. The van der Waals surface area contributed by atoms with Crippen molar-refractivity contribution in [2.24, 2.45) is 23.2 Å². The van der Waals surface area contributed by atoms with E-state index >= 15 is 0 Å². The summed E-state index contributed by atoms with van der Waals surface area (Å²) >= 11 is 0. The summed E-state index contributed by atoms with van der Waals surface area (Å²) in [6, 6.07) is 5.72. The molecule has 1 unspecified atom stereocenters. The summed E-state index contributed by atoms with van der Waals surface area (Å²) in [5.74, 6) is 2.00. The Labute approximate surface area is 196 Å². The quantitative estimate of drug-likeness (QED) is 0.349. The third-order valence-electron chi connectivity index (χ3n) is 7.56. The molecule has 0 spiro atoms. The number of aromatic nitrogens is 2. The highest BCUT2D eigenvalue weighted by Gasteiger charge is 2.54. The predicted molar refractivity (Wildman–Crippen MR) is 119 cm³/mol. The van der Waals surface area contributed by atoms with E-state index in [1.165, 1.54) is 43.5 Å². The van der Waals surface area contributed by atoms with Crippen molar-refractivity contribution in [2.75, 3.05) is 6.54 Å². The lowest BCUT2D eigenvalue weighted by Crippen LogP contribution is -2.53. The Balaban J connectivity index is 1.10. The first-order chi connectivity index (χ1) is 16.3. The minimum Gasteiger partial charge on any atom is -0.453 e. The number of ether oxygens (including phenoxy) is 1. The second-order valence-electron chi connectivity index (χ2n) is 10.1. The topological polar surface area (TPSA) is 137 Å². The number of nitrogens with zero attached hydrogens (tertiary/aromatic N) is 3. The molecule has 0 saturated heterocycles. The summed E-state index contributed by atoms with van der Waals surface area (Å²) in [5, 5.41) is 21.6. The number of hydrogen-bond donors (Lipinski definition) is 1. The number of rotatable bonds is 8. The first kappa shape index (κ1) is 22.5. The van der Waals surface area contributed by atoms with Crippen molar-refractivity contribution in [1.82, 2.24) is 15.5 Å². The van der Waals surface area contributed by atoms with Crippen LogP contribution in [0.2, 0.25) is 0 Å². The number of nitrogens with one attached hydrogen (secondary N) is 1. The van der Waals surface area contributed by atoms with Gasteiger partial charge in [0.2, 0.25) is 11.8 Å². The Morgan fingerprint density at radius 3 is 2.35 bits per heavy atom. The van der Waals surface area contributed by atoms with E-state index in [0.717, 1.165) is 19.3 Å². The maximum Gasteiger partial charge on any atom is 0.308 e. The fourth-order valence-corrected chi connectivity index (χ4v) is 6.40. The maximum atomic E-state index is 13.0. The van der Waals surface area contributed by atoms with Crippen LogP contribution in [0.3, 0.4) is 0 Å². The van der Waals surface area contributed by atoms with Crippen molar-refractivity contribution in [3.05, 3.63) is 40.3 Å². The Morgan fingerprint density at radius 1 is 1.15 bits per heavy atom. The molecule has 6 rings (SSSR count). The van der Waals surface area contributed by atoms with Gasteiger partial charge in [0.1, 0.15) is 0 Å². The van der Waals surface area contributed by atoms with Crippen molar-refractivity contribution in [3.63, 3.8) is 0 Å². The molecule has 1 atom stereocenters. The van der Waals surface area contributed by atoms with Gasteiger partial charge in [-0.1, -0.05) is 0 Å². The van der Waals surface area contributed by atoms with E-state index in [1.54, 1.807) is 6.92 Å². The highest BCUT2D eigenvalue weighted by atomic mass is 16.6. The molecule has 10 heteroatoms. The SMILES string of the molecule is CC(OC(=O)CCNC(=O)C12CC3CC(CC(C3)C1)C2)c1nnc(-c2ccc([N+](=O)[O-])cc2)o1. The van der Waals surface area contributed by atoms with Gasteiger partial charge in [0.15, 0.2) is 6.10 Å². The molecule has 10 nitrogen and oxygen atoms in total. The lowest BCUT2D eigenvalue weighted by atomic mass is 9.49. The largest absolute Gasteiger partial charge is 0.453 e. The van der Waals surface area contributed by atoms with Crippen LogP contribution in [0.1, 0.15) is 63.9 Å². The monoisotopic (exact) mass is 468 g/mol. The second-order valence-corrected chi connectivity index (χ2v) is 10.1. The number of carbonyl (C=O) groups excluding carboxylic acids is 2. The van der Waals surface area contributed by atoms with E-state index in [-0.39, 0.29) is 41.8 Å². The number of benzene rings is 1. The molecule has 4 bridgehead atoms. The highest BCUT2D eigenvalue weighted by molar-refractivity contribution is 5.83. The molecule has 0 aliphatic heterocycles. The van der Waals surface area contributed by atoms with Crippen LogP contribution in [0, 0.1) is 33.3 Å². The molecule has 4 saturated carbocycles. The van der Waals surface area contributed by atoms with Gasteiger partial charge < -0.3 is 14.5 Å². The van der Waals surface area contributed by atoms with Crippen molar-refractivity contribution in [1.29, 1.82) is 0 Å². The minimum absolute atomic E-state index is 0.0407. The van der Waals surface area contributed by atoms with Crippen molar-refractivity contribution in [2.45, 2.75) is 58.0 Å². The van der Waals surface area contributed by atoms with E-state index < -0.39 is 17.0 Å². The number of hydrogen-bond acceptors (Lipinski definition) is 8. The van der Waals surface area contributed by atoms with E-state index in [4.69, 9.17) is 9.15 Å². The molecule has 4 aliphatic carbocycles. The molecule has 1 N–H and O–H groups in total. The van der Waals surface area contributed by atoms with Crippen LogP contribution in [0.5, 0.6) is 0 Å². The van der Waals surface area contributed by atoms with Crippen molar-refractivity contribution in [3.8, 4) is 11.5 Å². The van der Waals surface area contributed by atoms with E-state index in [9.17, 15) is 19.7 Å². The standard InChI is InChI=1S/C24H28N4O6/c1-14(21-26-27-22(34-21)18-2-4-19(5-3-18)28(31)32)33-20(29)6-7-25-23(30)24-11-15-8-16(12-24)10-17(9-15)13-24/h2-5,14-17H,6-13H2,1H3,(H,25,30). The predicted octanol–water partition coefficient (Wildman–Crippen LogP) is 3.97. The summed E-state index contributed by atoms with van der Waals surface area (Å²) in [6.45, 7) is 1.86. The first-order valence-corrected chi connectivity index (χ1v) is 11.9. The maximum absolute atomic E-state index is 13.0. The summed E-state index contributed by atoms with van der Waals surface area (Å²) in [6.07, 6.45) is 6.09. The summed E-state index contributed by atoms with van der Waals surface area (Å²) in [5.41, 5.74) is 0.251. The van der Waals surface area contributed by atoms with Crippen molar-refractivity contribution >= 4 is 17.6 Å². The molecule has 1 aromatic carbocycles. The molecule has 4 aliphatic rings. The molecule has 34 heavy (non-hydrogen) atoms. The third-order valence-corrected chi connectivity index (χ3v) is 7.56. The Bertz CT molecular complexity index is 1060. The Morgan fingerprint density at radius 2 is 1.76 bits per heavy atom. The van der Waals surface area contributed by atoms with Crippen LogP contribution in [0.25, 0.3) is 11.5 Å². The van der Waals surface area contributed by atoms with Crippen LogP contribution in [0.15, 0.2) is 28.7 Å². The van der Waals surface area contributed by atoms with Crippen LogP contribution < -0.4 is 5.32 Å². The van der Waals surface area contributed by atoms with Crippen LogP contribution in [-0.2, 0) is 14.3 Å². The average molecular weight is 469 g/mol. The normalized spacial score (nSPS) is 27.9. The van der Waals surface area contributed by atoms with Crippen LogP contribution in [-0.4, -0.2) is 33.5 Å². The van der Waals surface area contributed by atoms with Gasteiger partial charge >= 0.3 is 5.97 Å². The molecule has 0 radical (unpaired) electrons. The molecule has 1 amide bonds. The van der Waals surface area contributed by atoms with E-state index in [1.807, 2.05) is 0 Å². The molecule has 180 valence electrons. The number of non-ortho nitro benzene ring substituents is 1. The highest BCUT2D eigenvalue weighted by Crippen LogP contribution is 2.60. The lowest BCUT2D eigenvalue weighted by Gasteiger charge is -2.55. The zero-order valence-electron chi connectivity index (χ0n) is 19.1. The van der Waals surface area contributed by atoms with Gasteiger partial charge in [0.05, 0.1) is 11.3 Å². The average Bonchev–Trinajstić information content (AvgIpc) is 3.29. The lowest BCUT2D eigenvalue weighted by molar-refractivity contribution is -0.384. The number of esters is 1. The first-order valence-electron chi connectivity index (χ1n) is 11.9. The van der Waals surface area contributed by atoms with Gasteiger partial charge in [-0.15, -0.1) is 10.2 Å². The zero-order chi connectivity index (χ0) is 23.9. The van der Waals surface area contributed by atoms with Gasteiger partial charge in [-0.25, -0.2) is 0 Å². The number of carbonyl (C=O) groups is 2. The second kappa shape index (κ2) is 8.81. The minimum atomic E-state index is -0.759.